The maximum Gasteiger partial charge on any atom is 0.0602 e. The number of likely N-dealkylation sites (N-methyl/N-ethyl adjacent to an activating group) is 1. The summed E-state index contributed by atoms with van der Waals surface area (Å²) in [5.74, 6) is 3.23. The highest BCUT2D eigenvalue weighted by molar-refractivity contribution is 6.20. The molecule has 200 valence electrons. The van der Waals surface area contributed by atoms with E-state index in [0.717, 1.165) is 30.2 Å². The number of fused-ring (bicyclic) bond motifs is 4. The third kappa shape index (κ3) is 4.85. The van der Waals surface area contributed by atoms with Gasteiger partial charge in [0.15, 0.2) is 0 Å². The van der Waals surface area contributed by atoms with Crippen LogP contribution in [0.3, 0.4) is 0 Å². The number of hydrogen-bond acceptors (Lipinski definition) is 5. The SMILES string of the molecule is COC1CCC2C(C1)N(C)C1C2C2(CCN(CC3CC3)CC2)CN(CC2CCC(Cl)CC2)[C@H]1CO. The van der Waals surface area contributed by atoms with Crippen LogP contribution in [0.25, 0.3) is 0 Å². The molecule has 0 aromatic rings. The first-order valence-electron chi connectivity index (χ1n) is 15.0. The van der Waals surface area contributed by atoms with Crippen molar-refractivity contribution in [2.75, 3.05) is 53.5 Å². The van der Waals surface area contributed by atoms with E-state index in [1.807, 2.05) is 7.11 Å². The van der Waals surface area contributed by atoms with E-state index in [1.165, 1.54) is 96.8 Å². The van der Waals surface area contributed by atoms with Crippen LogP contribution in [-0.2, 0) is 4.74 Å². The van der Waals surface area contributed by atoms with E-state index >= 15 is 0 Å². The zero-order valence-electron chi connectivity index (χ0n) is 22.3. The summed E-state index contributed by atoms with van der Waals surface area (Å²) in [7, 11) is 4.29. The van der Waals surface area contributed by atoms with Crippen LogP contribution in [0.1, 0.15) is 70.6 Å². The van der Waals surface area contributed by atoms with Crippen molar-refractivity contribution >= 4 is 11.6 Å². The average Bonchev–Trinajstić information content (AvgIpc) is 3.65. The van der Waals surface area contributed by atoms with Gasteiger partial charge in [-0.05, 0) is 120 Å². The molecule has 3 aliphatic carbocycles. The molecule has 0 radical (unpaired) electrons. The van der Waals surface area contributed by atoms with Crippen LogP contribution in [0.4, 0.5) is 0 Å². The van der Waals surface area contributed by atoms with Gasteiger partial charge in [-0.2, -0.15) is 0 Å². The van der Waals surface area contributed by atoms with Gasteiger partial charge in [-0.25, -0.2) is 0 Å². The van der Waals surface area contributed by atoms with E-state index in [0.29, 0.717) is 35.6 Å². The minimum Gasteiger partial charge on any atom is -0.395 e. The smallest absolute Gasteiger partial charge is 0.0602 e. The van der Waals surface area contributed by atoms with Crippen molar-refractivity contribution in [2.24, 2.45) is 29.1 Å². The predicted molar refractivity (Wildman–Crippen MR) is 142 cm³/mol. The number of methoxy groups -OCH3 is 1. The Morgan fingerprint density at radius 3 is 2.29 bits per heavy atom. The van der Waals surface area contributed by atoms with Crippen LogP contribution < -0.4 is 0 Å². The number of alkyl halides is 1. The number of ether oxygens (including phenoxy) is 1. The Balaban J connectivity index is 1.27. The van der Waals surface area contributed by atoms with Crippen molar-refractivity contribution < 1.29 is 9.84 Å². The van der Waals surface area contributed by atoms with Gasteiger partial charge >= 0.3 is 0 Å². The van der Waals surface area contributed by atoms with E-state index in [2.05, 4.69) is 21.7 Å². The molecular weight excluding hydrogens is 458 g/mol. The first kappa shape index (κ1) is 25.4. The van der Waals surface area contributed by atoms with E-state index < -0.39 is 0 Å². The summed E-state index contributed by atoms with van der Waals surface area (Å²) in [6.45, 7) is 6.59. The van der Waals surface area contributed by atoms with E-state index in [9.17, 15) is 5.11 Å². The maximum absolute atomic E-state index is 10.8. The van der Waals surface area contributed by atoms with Crippen LogP contribution in [0, 0.1) is 29.1 Å². The fourth-order valence-electron chi connectivity index (χ4n) is 9.53. The minimum absolute atomic E-state index is 0.278. The summed E-state index contributed by atoms with van der Waals surface area (Å²) in [6.07, 6.45) is 14.6. The van der Waals surface area contributed by atoms with Gasteiger partial charge in [-0.3, -0.25) is 9.80 Å². The molecule has 5 unspecified atom stereocenters. The summed E-state index contributed by atoms with van der Waals surface area (Å²) in [5, 5.41) is 11.2. The van der Waals surface area contributed by atoms with Crippen LogP contribution in [0.5, 0.6) is 0 Å². The molecule has 35 heavy (non-hydrogen) atoms. The molecule has 1 N–H and O–H groups in total. The largest absolute Gasteiger partial charge is 0.395 e. The fraction of sp³-hybridized carbons (Fsp3) is 1.00. The van der Waals surface area contributed by atoms with Crippen LogP contribution in [-0.4, -0.2) is 103 Å². The van der Waals surface area contributed by atoms with Crippen LogP contribution >= 0.6 is 11.6 Å². The second-order valence-corrected chi connectivity index (χ2v) is 14.1. The second-order valence-electron chi connectivity index (χ2n) is 13.5. The van der Waals surface area contributed by atoms with Gasteiger partial charge < -0.3 is 14.7 Å². The van der Waals surface area contributed by atoms with Crippen molar-refractivity contribution in [1.29, 1.82) is 0 Å². The summed E-state index contributed by atoms with van der Waals surface area (Å²) in [5.41, 5.74) is 0.410. The van der Waals surface area contributed by atoms with Crippen LogP contribution in [0.2, 0.25) is 0 Å². The molecule has 3 saturated heterocycles. The molecule has 0 aromatic carbocycles. The lowest BCUT2D eigenvalue weighted by atomic mass is 9.57. The molecule has 6 atom stereocenters. The third-order valence-corrected chi connectivity index (χ3v) is 12.0. The zero-order chi connectivity index (χ0) is 24.2. The Bertz CT molecular complexity index is 719. The Morgan fingerprint density at radius 1 is 0.943 bits per heavy atom. The van der Waals surface area contributed by atoms with E-state index in [4.69, 9.17) is 16.3 Å². The third-order valence-electron chi connectivity index (χ3n) is 11.6. The Hall–Kier alpha value is 0.0900. The van der Waals surface area contributed by atoms with Gasteiger partial charge in [0.2, 0.25) is 0 Å². The normalized spacial score (nSPS) is 44.9. The van der Waals surface area contributed by atoms with Crippen molar-refractivity contribution in [1.82, 2.24) is 14.7 Å². The minimum atomic E-state index is 0.278. The summed E-state index contributed by atoms with van der Waals surface area (Å²) in [6, 6.07) is 1.38. The highest BCUT2D eigenvalue weighted by Crippen LogP contribution is 2.58. The molecule has 6 rings (SSSR count). The molecule has 5 nitrogen and oxygen atoms in total. The molecule has 3 saturated carbocycles. The number of piperidine rings is 2. The number of rotatable bonds is 6. The molecule has 3 heterocycles. The van der Waals surface area contributed by atoms with Crippen molar-refractivity contribution in [3.63, 3.8) is 0 Å². The Kier molecular flexibility index (Phi) is 7.49. The number of aliphatic hydroxyl groups is 1. The van der Waals surface area contributed by atoms with Gasteiger partial charge in [0, 0.05) is 50.2 Å². The van der Waals surface area contributed by atoms with Gasteiger partial charge in [0.25, 0.3) is 0 Å². The first-order chi connectivity index (χ1) is 17.0. The monoisotopic (exact) mass is 507 g/mol. The molecule has 1 spiro atoms. The average molecular weight is 508 g/mol. The predicted octanol–water partition coefficient (Wildman–Crippen LogP) is 4.07. The lowest BCUT2D eigenvalue weighted by molar-refractivity contribution is -0.102. The molecule has 6 heteroatoms. The van der Waals surface area contributed by atoms with E-state index in [1.54, 1.807) is 0 Å². The highest BCUT2D eigenvalue weighted by atomic mass is 35.5. The lowest BCUT2D eigenvalue weighted by Crippen LogP contribution is -2.66. The Morgan fingerprint density at radius 2 is 1.63 bits per heavy atom. The number of halogens is 1. The highest BCUT2D eigenvalue weighted by Gasteiger charge is 2.63. The standard InChI is InChI=1S/C29H50ClN3O2/c1-31-25-15-23(35-2)9-10-24(25)27-28(31)26(18-34)33(17-21-5-7-22(30)8-6-21)19-29(27)11-13-32(14-12-29)16-20-3-4-20/h20-28,34H,3-19H2,1-2H3/t21?,22?,23?,24?,25?,26-,27?,28?/m0/s1. The molecular formula is C29H50ClN3O2. The summed E-state index contributed by atoms with van der Waals surface area (Å²) in [4.78, 5) is 8.32. The topological polar surface area (TPSA) is 39.2 Å². The summed E-state index contributed by atoms with van der Waals surface area (Å²) < 4.78 is 5.87. The molecule has 3 aliphatic heterocycles. The van der Waals surface area contributed by atoms with E-state index in [-0.39, 0.29) is 6.04 Å². The van der Waals surface area contributed by atoms with Crippen molar-refractivity contribution in [2.45, 2.75) is 100 Å². The number of likely N-dealkylation sites (tertiary alicyclic amines) is 3. The molecule has 0 bridgehead atoms. The van der Waals surface area contributed by atoms with Gasteiger partial charge in [0.05, 0.1) is 12.7 Å². The molecule has 6 fully saturated rings. The number of aliphatic hydroxyl groups excluding tert-OH is 1. The van der Waals surface area contributed by atoms with Gasteiger partial charge in [-0.1, -0.05) is 0 Å². The fourth-order valence-corrected chi connectivity index (χ4v) is 9.78. The quantitative estimate of drug-likeness (QED) is 0.549. The van der Waals surface area contributed by atoms with Crippen LogP contribution in [0.15, 0.2) is 0 Å². The van der Waals surface area contributed by atoms with Crippen molar-refractivity contribution in [3.05, 3.63) is 0 Å². The van der Waals surface area contributed by atoms with Crippen molar-refractivity contribution in [3.8, 4) is 0 Å². The first-order valence-corrected chi connectivity index (χ1v) is 15.4. The van der Waals surface area contributed by atoms with Gasteiger partial charge in [0.1, 0.15) is 0 Å². The molecule has 0 amide bonds. The summed E-state index contributed by atoms with van der Waals surface area (Å²) >= 11 is 6.46. The molecule has 0 aromatic heterocycles. The number of nitrogens with zero attached hydrogens (tertiary/aromatic N) is 3. The van der Waals surface area contributed by atoms with Gasteiger partial charge in [-0.15, -0.1) is 11.6 Å². The Labute approximate surface area is 218 Å². The maximum atomic E-state index is 10.8. The molecule has 6 aliphatic rings. The zero-order valence-corrected chi connectivity index (χ0v) is 23.0. The number of hydrogen-bond donors (Lipinski definition) is 1. The second kappa shape index (κ2) is 10.3. The lowest BCUT2D eigenvalue weighted by Gasteiger charge is -2.58.